The van der Waals surface area contributed by atoms with Crippen LogP contribution in [0.3, 0.4) is 0 Å². The molecule has 5 rings (SSSR count). The summed E-state index contributed by atoms with van der Waals surface area (Å²) in [6.45, 7) is 0. The third-order valence-corrected chi connectivity index (χ3v) is 5.55. The smallest absolute Gasteiger partial charge is 0.257 e. The van der Waals surface area contributed by atoms with Gasteiger partial charge in [0, 0.05) is 24.6 Å². The fraction of sp³-hybridized carbons (Fsp3) is 0.0345. The number of benzene rings is 3. The van der Waals surface area contributed by atoms with Gasteiger partial charge in [0.15, 0.2) is 5.82 Å². The number of halogens is 1. The summed E-state index contributed by atoms with van der Waals surface area (Å²) in [6.07, 6.45) is 2.64. The molecule has 3 aromatic carbocycles. The lowest BCUT2D eigenvalue weighted by Crippen LogP contribution is -2.13. The Kier molecular flexibility index (Phi) is 7.17. The third kappa shape index (κ3) is 5.57. The van der Waals surface area contributed by atoms with Crippen LogP contribution < -0.4 is 20.7 Å². The normalized spacial score (nSPS) is 10.5. The van der Waals surface area contributed by atoms with E-state index < -0.39 is 5.82 Å². The van der Waals surface area contributed by atoms with Crippen LogP contribution in [0.1, 0.15) is 10.4 Å². The number of nitrogens with one attached hydrogen (secondary N) is 3. The van der Waals surface area contributed by atoms with E-state index in [1.807, 2.05) is 48.5 Å². The summed E-state index contributed by atoms with van der Waals surface area (Å²) in [5.41, 5.74) is 3.11. The number of hydrogen-bond acceptors (Lipinski definition) is 7. The quantitative estimate of drug-likeness (QED) is 0.221. The molecule has 2 heterocycles. The number of ether oxygens (including phenoxy) is 1. The molecule has 0 saturated heterocycles. The van der Waals surface area contributed by atoms with Crippen LogP contribution in [-0.2, 0) is 0 Å². The molecule has 0 bridgehead atoms. The third-order valence-electron chi connectivity index (χ3n) is 5.55. The fourth-order valence-corrected chi connectivity index (χ4v) is 3.71. The molecule has 0 aliphatic rings. The minimum atomic E-state index is -0.595. The molecule has 0 saturated carbocycles. The number of anilines is 4. The van der Waals surface area contributed by atoms with E-state index in [1.54, 1.807) is 55.7 Å². The maximum atomic E-state index is 14.5. The van der Waals surface area contributed by atoms with Crippen molar-refractivity contribution in [1.82, 2.24) is 15.0 Å². The highest BCUT2D eigenvalue weighted by atomic mass is 19.1. The van der Waals surface area contributed by atoms with E-state index in [0.717, 1.165) is 11.9 Å². The van der Waals surface area contributed by atoms with Gasteiger partial charge in [-0.1, -0.05) is 30.3 Å². The summed E-state index contributed by atoms with van der Waals surface area (Å²) in [7, 11) is 1.65. The van der Waals surface area contributed by atoms with E-state index in [0.29, 0.717) is 28.3 Å². The van der Waals surface area contributed by atoms with E-state index in [4.69, 9.17) is 4.74 Å². The van der Waals surface area contributed by atoms with Crippen LogP contribution in [0.4, 0.5) is 27.4 Å². The van der Waals surface area contributed by atoms with E-state index in [9.17, 15) is 9.18 Å². The number of aromatic nitrogens is 3. The maximum absolute atomic E-state index is 14.5. The number of para-hydroxylation sites is 2. The molecule has 8 nitrogen and oxygen atoms in total. The number of carbonyl (C=O) groups is 1. The van der Waals surface area contributed by atoms with Gasteiger partial charge in [-0.25, -0.2) is 19.3 Å². The van der Waals surface area contributed by atoms with Crippen LogP contribution in [0.15, 0.2) is 103 Å². The molecule has 0 aliphatic heterocycles. The average molecular weight is 507 g/mol. The van der Waals surface area contributed by atoms with Crippen molar-refractivity contribution in [3.8, 4) is 22.9 Å². The predicted octanol–water partition coefficient (Wildman–Crippen LogP) is 6.51. The van der Waals surface area contributed by atoms with E-state index in [1.165, 1.54) is 0 Å². The van der Waals surface area contributed by atoms with Gasteiger partial charge < -0.3 is 20.7 Å². The lowest BCUT2D eigenvalue weighted by Gasteiger charge is -2.13. The van der Waals surface area contributed by atoms with Gasteiger partial charge in [-0.2, -0.15) is 0 Å². The van der Waals surface area contributed by atoms with E-state index in [2.05, 4.69) is 30.9 Å². The Morgan fingerprint density at radius 2 is 1.61 bits per heavy atom. The summed E-state index contributed by atoms with van der Waals surface area (Å²) < 4.78 is 20.4. The largest absolute Gasteiger partial charge is 0.438 e. The Balaban J connectivity index is 1.31. The molecule has 0 spiro atoms. The average Bonchev–Trinajstić information content (AvgIpc) is 2.95. The van der Waals surface area contributed by atoms with Crippen LogP contribution >= 0.6 is 0 Å². The molecule has 0 radical (unpaired) electrons. The van der Waals surface area contributed by atoms with Gasteiger partial charge in [0.25, 0.3) is 5.91 Å². The van der Waals surface area contributed by atoms with Crippen molar-refractivity contribution in [2.24, 2.45) is 0 Å². The van der Waals surface area contributed by atoms with Gasteiger partial charge in [-0.3, -0.25) is 4.79 Å². The Morgan fingerprint density at radius 1 is 0.842 bits per heavy atom. The predicted molar refractivity (Wildman–Crippen MR) is 145 cm³/mol. The van der Waals surface area contributed by atoms with Crippen molar-refractivity contribution in [1.29, 1.82) is 0 Å². The van der Waals surface area contributed by atoms with Gasteiger partial charge in [-0.05, 0) is 60.7 Å². The highest BCUT2D eigenvalue weighted by molar-refractivity contribution is 6.08. The highest BCUT2D eigenvalue weighted by Gasteiger charge is 2.16. The number of rotatable bonds is 8. The monoisotopic (exact) mass is 506 g/mol. The molecule has 188 valence electrons. The summed E-state index contributed by atoms with van der Waals surface area (Å²) >= 11 is 0. The van der Waals surface area contributed by atoms with Gasteiger partial charge in [-0.15, -0.1) is 0 Å². The molecule has 2 aromatic heterocycles. The summed E-state index contributed by atoms with van der Waals surface area (Å²) in [6, 6.07) is 27.1. The zero-order chi connectivity index (χ0) is 26.3. The number of pyridine rings is 1. The number of carbonyl (C=O) groups excluding carboxylic acids is 1. The van der Waals surface area contributed by atoms with Crippen molar-refractivity contribution >= 4 is 28.9 Å². The van der Waals surface area contributed by atoms with Crippen molar-refractivity contribution in [3.63, 3.8) is 0 Å². The molecule has 5 aromatic rings. The van der Waals surface area contributed by atoms with Crippen molar-refractivity contribution < 1.29 is 13.9 Å². The van der Waals surface area contributed by atoms with Crippen LogP contribution in [0.2, 0.25) is 0 Å². The Morgan fingerprint density at radius 3 is 2.39 bits per heavy atom. The van der Waals surface area contributed by atoms with Gasteiger partial charge in [0.1, 0.15) is 11.4 Å². The molecule has 0 fully saturated rings. The number of nitrogens with zero attached hydrogens (tertiary/aromatic N) is 3. The minimum absolute atomic E-state index is 0.0686. The second-order valence-corrected chi connectivity index (χ2v) is 8.11. The maximum Gasteiger partial charge on any atom is 0.257 e. The van der Waals surface area contributed by atoms with Crippen molar-refractivity contribution in [2.75, 3.05) is 23.0 Å². The molecule has 38 heavy (non-hydrogen) atoms. The van der Waals surface area contributed by atoms with E-state index in [-0.39, 0.29) is 23.4 Å². The van der Waals surface area contributed by atoms with Crippen molar-refractivity contribution in [3.05, 3.63) is 115 Å². The second kappa shape index (κ2) is 11.2. The Bertz CT molecular complexity index is 1560. The van der Waals surface area contributed by atoms with Crippen LogP contribution in [0.5, 0.6) is 11.6 Å². The first kappa shape index (κ1) is 24.4. The number of hydrogen-bond donors (Lipinski definition) is 3. The summed E-state index contributed by atoms with van der Waals surface area (Å²) in [5, 5.41) is 8.98. The van der Waals surface area contributed by atoms with Crippen molar-refractivity contribution in [2.45, 2.75) is 0 Å². The lowest BCUT2D eigenvalue weighted by atomic mass is 10.1. The first-order chi connectivity index (χ1) is 18.6. The zero-order valence-electron chi connectivity index (χ0n) is 20.4. The highest BCUT2D eigenvalue weighted by Crippen LogP contribution is 2.32. The zero-order valence-corrected chi connectivity index (χ0v) is 20.4. The standard InChI is InChI=1S/C29H23FN6O2/c1-31-29-33-18-24(30)26(36-29)23-11-7-17-32-28(23)38-21-15-13-20(14-16-21)35-27(37)22-10-5-6-12-25(22)34-19-8-3-2-4-9-19/h2-18,34H,1H3,(H,35,37)(H,31,33,36). The van der Waals surface area contributed by atoms with Crippen LogP contribution in [-0.4, -0.2) is 27.9 Å². The first-order valence-electron chi connectivity index (χ1n) is 11.8. The van der Waals surface area contributed by atoms with Crippen LogP contribution in [0, 0.1) is 5.82 Å². The molecule has 0 atom stereocenters. The minimum Gasteiger partial charge on any atom is -0.438 e. The van der Waals surface area contributed by atoms with Crippen LogP contribution in [0.25, 0.3) is 11.3 Å². The number of amides is 1. The topological polar surface area (TPSA) is 101 Å². The molecular formula is C29H23FN6O2. The van der Waals surface area contributed by atoms with Gasteiger partial charge in [0.2, 0.25) is 11.8 Å². The molecular weight excluding hydrogens is 483 g/mol. The Hall–Kier alpha value is -5.31. The van der Waals surface area contributed by atoms with Gasteiger partial charge >= 0.3 is 0 Å². The second-order valence-electron chi connectivity index (χ2n) is 8.11. The molecule has 3 N–H and O–H groups in total. The first-order valence-corrected chi connectivity index (χ1v) is 11.8. The molecule has 0 aliphatic carbocycles. The summed E-state index contributed by atoms with van der Waals surface area (Å²) in [5.74, 6) is 0.0605. The Labute approximate surface area is 218 Å². The molecule has 1 amide bonds. The summed E-state index contributed by atoms with van der Waals surface area (Å²) in [4.78, 5) is 25.4. The SMILES string of the molecule is CNc1ncc(F)c(-c2cccnc2Oc2ccc(NC(=O)c3ccccc3Nc3ccccc3)cc2)n1. The van der Waals surface area contributed by atoms with E-state index >= 15 is 0 Å². The molecule has 9 heteroatoms. The fourth-order valence-electron chi connectivity index (χ4n) is 3.71. The molecule has 0 unspecified atom stereocenters. The lowest BCUT2D eigenvalue weighted by molar-refractivity contribution is 0.102. The van der Waals surface area contributed by atoms with Gasteiger partial charge in [0.05, 0.1) is 23.0 Å².